The Morgan fingerprint density at radius 3 is 2.52 bits per heavy atom. The summed E-state index contributed by atoms with van der Waals surface area (Å²) in [6, 6.07) is 5.94. The fourth-order valence-corrected chi connectivity index (χ4v) is 2.50. The predicted octanol–water partition coefficient (Wildman–Crippen LogP) is 1.99. The van der Waals surface area contributed by atoms with Crippen LogP contribution in [-0.4, -0.2) is 46.8 Å². The van der Waals surface area contributed by atoms with Crippen molar-refractivity contribution in [2.24, 2.45) is 0 Å². The number of carbonyl (C=O) groups is 2. The molecule has 0 unspecified atom stereocenters. The monoisotopic (exact) mass is 331 g/mol. The molecule has 0 aromatic heterocycles. The van der Waals surface area contributed by atoms with Gasteiger partial charge in [-0.2, -0.15) is 13.2 Å². The summed E-state index contributed by atoms with van der Waals surface area (Å²) in [6.45, 7) is -0.332. The number of halogens is 3. The number of benzene rings is 1. The van der Waals surface area contributed by atoms with E-state index in [1.165, 1.54) is 6.92 Å². The van der Waals surface area contributed by atoms with Crippen molar-refractivity contribution in [1.82, 2.24) is 4.90 Å². The van der Waals surface area contributed by atoms with Crippen LogP contribution in [0.1, 0.15) is 18.1 Å². The van der Waals surface area contributed by atoms with Gasteiger partial charge in [-0.15, -0.1) is 0 Å². The second-order valence-corrected chi connectivity index (χ2v) is 5.36. The molecule has 0 saturated carbocycles. The van der Waals surface area contributed by atoms with E-state index in [1.807, 2.05) is 0 Å². The third kappa shape index (κ3) is 4.22. The molecule has 1 heterocycles. The van der Waals surface area contributed by atoms with Crippen LogP contribution < -0.4 is 0 Å². The highest BCUT2D eigenvalue weighted by molar-refractivity contribution is 5.87. The van der Waals surface area contributed by atoms with E-state index in [0.717, 1.165) is 16.0 Å². The smallest absolute Gasteiger partial charge is 0.411 e. The summed E-state index contributed by atoms with van der Waals surface area (Å²) >= 11 is 0. The van der Waals surface area contributed by atoms with E-state index in [0.29, 0.717) is 0 Å². The summed E-state index contributed by atoms with van der Waals surface area (Å²) in [5.41, 5.74) is 1.59. The number of ether oxygens (including phenoxy) is 1. The maximum Gasteiger partial charge on any atom is 0.411 e. The van der Waals surface area contributed by atoms with Gasteiger partial charge in [0.1, 0.15) is 18.8 Å². The number of hydrogen-bond acceptors (Lipinski definition) is 3. The molecule has 1 aromatic carbocycles. The summed E-state index contributed by atoms with van der Waals surface area (Å²) in [5.74, 6) is -1.97. The van der Waals surface area contributed by atoms with Crippen LogP contribution >= 0.6 is 0 Å². The van der Waals surface area contributed by atoms with Crippen LogP contribution in [-0.2, 0) is 27.3 Å². The molecule has 0 spiro atoms. The lowest BCUT2D eigenvalue weighted by molar-refractivity contribution is -0.190. The Balaban J connectivity index is 2.15. The zero-order valence-corrected chi connectivity index (χ0v) is 12.3. The van der Waals surface area contributed by atoms with E-state index in [4.69, 9.17) is 0 Å². The molecule has 0 aliphatic carbocycles. The zero-order chi connectivity index (χ0) is 17.2. The zero-order valence-electron chi connectivity index (χ0n) is 12.3. The number of carboxylic acid groups (broad SMARTS) is 1. The highest BCUT2D eigenvalue weighted by atomic mass is 19.4. The molecule has 2 rings (SSSR count). The number of amides is 1. The molecule has 1 amide bonds. The second kappa shape index (κ2) is 6.57. The number of alkyl halides is 3. The summed E-state index contributed by atoms with van der Waals surface area (Å²) in [7, 11) is 0. The number of fused-ring (bicyclic) bond motifs is 1. The molecule has 126 valence electrons. The lowest BCUT2D eigenvalue weighted by Crippen LogP contribution is -2.52. The molecule has 2 atom stereocenters. The normalized spacial score (nSPS) is 19.1. The molecular weight excluding hydrogens is 315 g/mol. The first-order valence-corrected chi connectivity index (χ1v) is 6.97. The average molecular weight is 331 g/mol. The number of rotatable bonds is 4. The molecule has 0 fully saturated rings. The third-order valence-corrected chi connectivity index (χ3v) is 3.66. The van der Waals surface area contributed by atoms with Gasteiger partial charge < -0.3 is 14.7 Å². The fraction of sp³-hybridized carbons (Fsp3) is 0.467. The Morgan fingerprint density at radius 2 is 1.96 bits per heavy atom. The fourth-order valence-electron chi connectivity index (χ4n) is 2.50. The molecule has 5 nitrogen and oxygen atoms in total. The number of carboxylic acids is 1. The molecule has 1 N–H and O–H groups in total. The Bertz CT molecular complexity index is 603. The molecular formula is C15H16F3NO4. The van der Waals surface area contributed by atoms with E-state index in [2.05, 4.69) is 4.74 Å². The van der Waals surface area contributed by atoms with E-state index < -0.39 is 36.8 Å². The van der Waals surface area contributed by atoms with Gasteiger partial charge in [-0.25, -0.2) is 4.79 Å². The molecule has 0 radical (unpaired) electrons. The minimum absolute atomic E-state index is 0.0334. The van der Waals surface area contributed by atoms with Crippen LogP contribution in [0.4, 0.5) is 13.2 Å². The molecule has 23 heavy (non-hydrogen) atoms. The Morgan fingerprint density at radius 1 is 1.35 bits per heavy atom. The summed E-state index contributed by atoms with van der Waals surface area (Å²) in [6.07, 6.45) is -5.80. The summed E-state index contributed by atoms with van der Waals surface area (Å²) in [5, 5.41) is 9.31. The molecule has 1 aliphatic rings. The van der Waals surface area contributed by atoms with Crippen LogP contribution in [0.3, 0.4) is 0 Å². The summed E-state index contributed by atoms with van der Waals surface area (Å²) < 4.78 is 41.1. The van der Waals surface area contributed by atoms with Gasteiger partial charge in [0.15, 0.2) is 0 Å². The van der Waals surface area contributed by atoms with E-state index in [1.54, 1.807) is 24.3 Å². The maximum absolute atomic E-state index is 12.3. The highest BCUT2D eigenvalue weighted by Crippen LogP contribution is 2.25. The van der Waals surface area contributed by atoms with Crippen molar-refractivity contribution in [3.63, 3.8) is 0 Å². The van der Waals surface area contributed by atoms with Crippen LogP contribution in [0.5, 0.6) is 0 Å². The van der Waals surface area contributed by atoms with Crippen LogP contribution in [0.2, 0.25) is 0 Å². The van der Waals surface area contributed by atoms with E-state index in [9.17, 15) is 27.9 Å². The Hall–Kier alpha value is -2.09. The van der Waals surface area contributed by atoms with Crippen molar-refractivity contribution in [2.75, 3.05) is 6.61 Å². The van der Waals surface area contributed by atoms with Crippen molar-refractivity contribution in [3.8, 4) is 0 Å². The molecule has 8 heteroatoms. The van der Waals surface area contributed by atoms with Crippen molar-refractivity contribution >= 4 is 11.9 Å². The highest BCUT2D eigenvalue weighted by Gasteiger charge is 2.37. The number of carbonyl (C=O) groups excluding carboxylic acids is 1. The molecule has 0 bridgehead atoms. The largest absolute Gasteiger partial charge is 0.480 e. The Kier molecular flexibility index (Phi) is 4.93. The number of aliphatic carboxylic acids is 1. The van der Waals surface area contributed by atoms with Gasteiger partial charge in [-0.05, 0) is 18.1 Å². The van der Waals surface area contributed by atoms with Crippen LogP contribution in [0.15, 0.2) is 24.3 Å². The number of hydrogen-bond donors (Lipinski definition) is 1. The van der Waals surface area contributed by atoms with Crippen LogP contribution in [0, 0.1) is 0 Å². The molecule has 1 aromatic rings. The topological polar surface area (TPSA) is 66.8 Å². The van der Waals surface area contributed by atoms with Gasteiger partial charge in [0.25, 0.3) is 5.91 Å². The van der Waals surface area contributed by atoms with Gasteiger partial charge in [0.05, 0.1) is 0 Å². The van der Waals surface area contributed by atoms with Gasteiger partial charge in [-0.3, -0.25) is 4.79 Å². The van der Waals surface area contributed by atoms with Gasteiger partial charge in [0.2, 0.25) is 0 Å². The summed E-state index contributed by atoms with van der Waals surface area (Å²) in [4.78, 5) is 24.8. The van der Waals surface area contributed by atoms with E-state index in [-0.39, 0.29) is 13.0 Å². The number of nitrogens with zero attached hydrogens (tertiary/aromatic N) is 1. The first kappa shape index (κ1) is 17.3. The third-order valence-electron chi connectivity index (χ3n) is 3.66. The maximum atomic E-state index is 12.3. The average Bonchev–Trinajstić information content (AvgIpc) is 2.49. The Labute approximate surface area is 130 Å². The standard InChI is InChI=1S/C15H16F3NO4/c1-9(23-8-15(16,17)18)13(20)19-7-11-5-3-2-4-10(11)6-12(19)14(21)22/h2-5,9,12H,6-8H2,1H3,(H,21,22)/t9-,12-/m1/s1. The van der Waals surface area contributed by atoms with E-state index >= 15 is 0 Å². The van der Waals surface area contributed by atoms with Gasteiger partial charge in [-0.1, -0.05) is 24.3 Å². The SMILES string of the molecule is C[C@@H](OCC(F)(F)F)C(=O)N1Cc2ccccc2C[C@@H]1C(=O)O. The quantitative estimate of drug-likeness (QED) is 0.916. The second-order valence-electron chi connectivity index (χ2n) is 5.36. The first-order chi connectivity index (χ1) is 10.7. The lowest BCUT2D eigenvalue weighted by Gasteiger charge is -2.35. The van der Waals surface area contributed by atoms with Crippen LogP contribution in [0.25, 0.3) is 0 Å². The first-order valence-electron chi connectivity index (χ1n) is 6.97. The van der Waals surface area contributed by atoms with Crippen molar-refractivity contribution in [1.29, 1.82) is 0 Å². The molecule has 0 saturated heterocycles. The lowest BCUT2D eigenvalue weighted by atomic mass is 9.93. The van der Waals surface area contributed by atoms with Gasteiger partial charge in [0, 0.05) is 13.0 Å². The van der Waals surface area contributed by atoms with Gasteiger partial charge >= 0.3 is 12.1 Å². The van der Waals surface area contributed by atoms with Crippen molar-refractivity contribution in [3.05, 3.63) is 35.4 Å². The predicted molar refractivity (Wildman–Crippen MR) is 73.6 cm³/mol. The molecule has 1 aliphatic heterocycles. The van der Waals surface area contributed by atoms with Crippen molar-refractivity contribution < 1.29 is 32.6 Å². The minimum atomic E-state index is -4.55. The minimum Gasteiger partial charge on any atom is -0.480 e. The van der Waals surface area contributed by atoms with Crippen molar-refractivity contribution in [2.45, 2.75) is 38.2 Å².